The fourth-order valence-corrected chi connectivity index (χ4v) is 3.77. The summed E-state index contributed by atoms with van der Waals surface area (Å²) in [5, 5.41) is 12.7. The maximum absolute atomic E-state index is 14.0. The van der Waals surface area contributed by atoms with Crippen molar-refractivity contribution < 1.29 is 22.9 Å². The van der Waals surface area contributed by atoms with E-state index in [0.29, 0.717) is 19.5 Å². The molecule has 0 saturated carbocycles. The molecule has 0 bridgehead atoms. The molecule has 3 heterocycles. The van der Waals surface area contributed by atoms with Crippen LogP contribution in [0.25, 0.3) is 11.3 Å². The van der Waals surface area contributed by atoms with Gasteiger partial charge in [-0.2, -0.15) is 0 Å². The van der Waals surface area contributed by atoms with Gasteiger partial charge < -0.3 is 20.5 Å². The first-order valence-electron chi connectivity index (χ1n) is 10.6. The third-order valence-corrected chi connectivity index (χ3v) is 5.56. The fraction of sp³-hybridized carbons (Fsp3) is 0.304. The van der Waals surface area contributed by atoms with Crippen LogP contribution in [-0.4, -0.2) is 41.1 Å². The van der Waals surface area contributed by atoms with Crippen molar-refractivity contribution in [1.82, 2.24) is 26.1 Å². The van der Waals surface area contributed by atoms with Gasteiger partial charge in [0.1, 0.15) is 11.6 Å². The molecule has 0 radical (unpaired) electrons. The lowest BCUT2D eigenvalue weighted by Crippen LogP contribution is -2.55. The van der Waals surface area contributed by atoms with E-state index in [1.165, 1.54) is 12.1 Å². The van der Waals surface area contributed by atoms with Crippen LogP contribution in [0, 0.1) is 17.6 Å². The highest BCUT2D eigenvalue weighted by Crippen LogP contribution is 2.24. The predicted molar refractivity (Wildman–Crippen MR) is 115 cm³/mol. The smallest absolute Gasteiger partial charge is 0.273 e. The molecule has 1 aliphatic heterocycles. The zero-order chi connectivity index (χ0) is 23.4. The normalized spacial score (nSPS) is 19.0. The number of nitrogens with zero attached hydrogens (tertiary/aromatic N) is 2. The number of nitrogens with one attached hydrogen (secondary N) is 3. The SMILES string of the molecule is CC(NC(=O)[C@@H]1CNCC[C@H]1NC(=O)c1cc(-c2ccc(F)cc2F)on1)c1ccccn1. The van der Waals surface area contributed by atoms with Crippen molar-refractivity contribution in [2.24, 2.45) is 5.92 Å². The molecule has 8 nitrogen and oxygen atoms in total. The molecule has 2 amide bonds. The first kappa shape index (κ1) is 22.5. The molecule has 3 N–H and O–H groups in total. The van der Waals surface area contributed by atoms with E-state index >= 15 is 0 Å². The van der Waals surface area contributed by atoms with Gasteiger partial charge in [-0.25, -0.2) is 8.78 Å². The zero-order valence-electron chi connectivity index (χ0n) is 17.8. The summed E-state index contributed by atoms with van der Waals surface area (Å²) < 4.78 is 32.2. The van der Waals surface area contributed by atoms with E-state index in [1.54, 1.807) is 12.3 Å². The number of halogens is 2. The van der Waals surface area contributed by atoms with Crippen molar-refractivity contribution in [2.75, 3.05) is 13.1 Å². The molecule has 3 aromatic rings. The van der Waals surface area contributed by atoms with Crippen LogP contribution < -0.4 is 16.0 Å². The summed E-state index contributed by atoms with van der Waals surface area (Å²) in [5.41, 5.74) is 0.664. The summed E-state index contributed by atoms with van der Waals surface area (Å²) in [6.45, 7) is 2.88. The Kier molecular flexibility index (Phi) is 6.74. The number of piperidine rings is 1. The first-order chi connectivity index (χ1) is 15.9. The average molecular weight is 455 g/mol. The van der Waals surface area contributed by atoms with Crippen LogP contribution in [0.1, 0.15) is 35.6 Å². The molecule has 1 aliphatic rings. The summed E-state index contributed by atoms with van der Waals surface area (Å²) in [5.74, 6) is -2.80. The Morgan fingerprint density at radius 1 is 1.21 bits per heavy atom. The minimum absolute atomic E-state index is 0.00133. The second kappa shape index (κ2) is 9.86. The van der Waals surface area contributed by atoms with Gasteiger partial charge in [-0.15, -0.1) is 0 Å². The molecule has 1 unspecified atom stereocenters. The van der Waals surface area contributed by atoms with Crippen LogP contribution in [-0.2, 0) is 4.79 Å². The summed E-state index contributed by atoms with van der Waals surface area (Å²) in [7, 11) is 0. The van der Waals surface area contributed by atoms with Crippen molar-refractivity contribution >= 4 is 11.8 Å². The number of hydrogen-bond acceptors (Lipinski definition) is 6. The van der Waals surface area contributed by atoms with Crippen LogP contribution in [0.4, 0.5) is 8.78 Å². The number of amides is 2. The van der Waals surface area contributed by atoms with Gasteiger partial charge in [0.15, 0.2) is 11.5 Å². The highest BCUT2D eigenvalue weighted by molar-refractivity contribution is 5.94. The molecule has 1 aromatic carbocycles. The predicted octanol–water partition coefficient (Wildman–Crippen LogP) is 2.60. The molecule has 1 saturated heterocycles. The van der Waals surface area contributed by atoms with E-state index in [9.17, 15) is 18.4 Å². The number of aromatic nitrogens is 2. The minimum atomic E-state index is -0.824. The second-order valence-corrected chi connectivity index (χ2v) is 7.86. The summed E-state index contributed by atoms with van der Waals surface area (Å²) >= 11 is 0. The molecular weight excluding hydrogens is 432 g/mol. The molecule has 10 heteroatoms. The topological polar surface area (TPSA) is 109 Å². The van der Waals surface area contributed by atoms with Crippen molar-refractivity contribution in [3.63, 3.8) is 0 Å². The number of carbonyl (C=O) groups excluding carboxylic acids is 2. The Morgan fingerprint density at radius 2 is 2.06 bits per heavy atom. The van der Waals surface area contributed by atoms with Crippen LogP contribution >= 0.6 is 0 Å². The van der Waals surface area contributed by atoms with Gasteiger partial charge >= 0.3 is 0 Å². The highest BCUT2D eigenvalue weighted by atomic mass is 19.1. The van der Waals surface area contributed by atoms with Crippen molar-refractivity contribution in [3.05, 3.63) is 71.7 Å². The number of rotatable bonds is 6. The van der Waals surface area contributed by atoms with Crippen LogP contribution in [0.2, 0.25) is 0 Å². The Bertz CT molecular complexity index is 1140. The molecule has 0 spiro atoms. The standard InChI is InChI=1S/C23H23F2N5O3/c1-13(18-4-2-3-8-27-18)28-22(31)16-12-26-9-7-19(16)29-23(32)20-11-21(33-30-20)15-6-5-14(24)10-17(15)25/h2-6,8,10-11,13,16,19,26H,7,9,12H2,1H3,(H,28,31)(H,29,32)/t13?,16-,19-/m1/s1. The summed E-state index contributed by atoms with van der Waals surface area (Å²) in [6.07, 6.45) is 2.20. The van der Waals surface area contributed by atoms with Crippen LogP contribution in [0.3, 0.4) is 0 Å². The van der Waals surface area contributed by atoms with E-state index in [2.05, 4.69) is 26.1 Å². The third-order valence-electron chi connectivity index (χ3n) is 5.56. The number of pyridine rings is 1. The highest BCUT2D eigenvalue weighted by Gasteiger charge is 2.33. The monoisotopic (exact) mass is 455 g/mol. The average Bonchev–Trinajstić information content (AvgIpc) is 3.30. The van der Waals surface area contributed by atoms with Crippen molar-refractivity contribution in [1.29, 1.82) is 0 Å². The van der Waals surface area contributed by atoms with E-state index < -0.39 is 29.5 Å². The Hall–Kier alpha value is -3.66. The molecule has 1 fully saturated rings. The van der Waals surface area contributed by atoms with E-state index in [0.717, 1.165) is 17.8 Å². The van der Waals surface area contributed by atoms with E-state index in [1.807, 2.05) is 19.1 Å². The molecule has 2 aromatic heterocycles. The Balaban J connectivity index is 1.43. The lowest BCUT2D eigenvalue weighted by molar-refractivity contribution is -0.126. The van der Waals surface area contributed by atoms with Gasteiger partial charge in [-0.3, -0.25) is 14.6 Å². The second-order valence-electron chi connectivity index (χ2n) is 7.86. The Labute approximate surface area is 188 Å². The van der Waals surface area contributed by atoms with Crippen LogP contribution in [0.15, 0.2) is 53.2 Å². The number of benzene rings is 1. The van der Waals surface area contributed by atoms with Gasteiger partial charge in [0.2, 0.25) is 5.91 Å². The summed E-state index contributed by atoms with van der Waals surface area (Å²) in [6, 6.07) is 9.06. The lowest BCUT2D eigenvalue weighted by Gasteiger charge is -2.32. The Morgan fingerprint density at radius 3 is 2.82 bits per heavy atom. The van der Waals surface area contributed by atoms with E-state index in [-0.39, 0.29) is 29.0 Å². The van der Waals surface area contributed by atoms with Gasteiger partial charge in [0.25, 0.3) is 5.91 Å². The molecule has 4 rings (SSSR count). The molecular formula is C23H23F2N5O3. The molecule has 3 atom stereocenters. The van der Waals surface area contributed by atoms with Gasteiger partial charge in [-0.1, -0.05) is 11.2 Å². The van der Waals surface area contributed by atoms with Crippen LogP contribution in [0.5, 0.6) is 0 Å². The number of carbonyl (C=O) groups is 2. The maximum Gasteiger partial charge on any atom is 0.273 e. The lowest BCUT2D eigenvalue weighted by atomic mass is 9.92. The van der Waals surface area contributed by atoms with Gasteiger partial charge in [-0.05, 0) is 44.2 Å². The first-order valence-corrected chi connectivity index (χ1v) is 10.6. The van der Waals surface area contributed by atoms with Crippen molar-refractivity contribution in [2.45, 2.75) is 25.4 Å². The maximum atomic E-state index is 14.0. The van der Waals surface area contributed by atoms with Gasteiger partial charge in [0.05, 0.1) is 23.2 Å². The van der Waals surface area contributed by atoms with Gasteiger partial charge in [0, 0.05) is 30.9 Å². The third kappa shape index (κ3) is 5.23. The number of hydrogen-bond donors (Lipinski definition) is 3. The quantitative estimate of drug-likeness (QED) is 0.527. The fourth-order valence-electron chi connectivity index (χ4n) is 3.77. The summed E-state index contributed by atoms with van der Waals surface area (Å²) in [4.78, 5) is 29.9. The largest absolute Gasteiger partial charge is 0.355 e. The zero-order valence-corrected chi connectivity index (χ0v) is 17.8. The molecule has 33 heavy (non-hydrogen) atoms. The van der Waals surface area contributed by atoms with Crippen molar-refractivity contribution in [3.8, 4) is 11.3 Å². The molecule has 0 aliphatic carbocycles. The molecule has 172 valence electrons. The van der Waals surface area contributed by atoms with E-state index in [4.69, 9.17) is 4.52 Å². The minimum Gasteiger partial charge on any atom is -0.355 e.